The predicted molar refractivity (Wildman–Crippen MR) is 108 cm³/mol. The summed E-state index contributed by atoms with van der Waals surface area (Å²) in [5, 5.41) is 1.12. The maximum atomic E-state index is 11.5. The van der Waals surface area contributed by atoms with Gasteiger partial charge < -0.3 is 15.4 Å². The number of hydrogen-bond acceptors (Lipinski definition) is 4. The summed E-state index contributed by atoms with van der Waals surface area (Å²) in [6, 6.07) is 18.2. The Bertz CT molecular complexity index is 978. The zero-order valence-corrected chi connectivity index (χ0v) is 15.4. The van der Waals surface area contributed by atoms with Crippen LogP contribution in [-0.2, 0) is 4.79 Å². The van der Waals surface area contributed by atoms with Gasteiger partial charge in [-0.25, -0.2) is 4.98 Å². The van der Waals surface area contributed by atoms with E-state index in [0.717, 1.165) is 59.5 Å². The number of benzene rings is 2. The molecule has 2 aromatic carbocycles. The first kappa shape index (κ1) is 17.3. The molecule has 0 atom stereocenters. The molecule has 27 heavy (non-hydrogen) atoms. The second-order valence-corrected chi connectivity index (χ2v) is 6.91. The fraction of sp³-hybridized carbons (Fsp3) is 0.273. The molecule has 0 aliphatic carbocycles. The van der Waals surface area contributed by atoms with Gasteiger partial charge in [0.2, 0.25) is 5.91 Å². The molecule has 0 spiro atoms. The number of piperidine rings is 1. The van der Waals surface area contributed by atoms with E-state index in [1.807, 2.05) is 42.5 Å². The largest absolute Gasteiger partial charge is 0.496 e. The average Bonchev–Trinajstić information content (AvgIpc) is 2.73. The SMILES string of the molecule is COc1ccccc1-c1cc(N2CCC(C(N)=O)CC2)c2ccccc2n1. The van der Waals surface area contributed by atoms with Gasteiger partial charge in [0.25, 0.3) is 0 Å². The second kappa shape index (κ2) is 7.27. The van der Waals surface area contributed by atoms with Gasteiger partial charge in [0.05, 0.1) is 18.3 Å². The van der Waals surface area contributed by atoms with E-state index in [0.29, 0.717) is 0 Å². The van der Waals surface area contributed by atoms with E-state index in [4.69, 9.17) is 15.5 Å². The third-order valence-electron chi connectivity index (χ3n) is 5.32. The molecule has 4 rings (SSSR count). The molecule has 2 N–H and O–H groups in total. The number of methoxy groups -OCH3 is 1. The molecule has 3 aromatic rings. The van der Waals surface area contributed by atoms with Crippen LogP contribution in [0.15, 0.2) is 54.6 Å². The number of aromatic nitrogens is 1. The lowest BCUT2D eigenvalue weighted by Gasteiger charge is -2.33. The van der Waals surface area contributed by atoms with Crippen molar-refractivity contribution in [2.45, 2.75) is 12.8 Å². The molecule has 0 saturated carbocycles. The van der Waals surface area contributed by atoms with Crippen molar-refractivity contribution in [3.05, 3.63) is 54.6 Å². The lowest BCUT2D eigenvalue weighted by molar-refractivity contribution is -0.122. The number of fused-ring (bicyclic) bond motifs is 1. The Labute approximate surface area is 158 Å². The number of pyridine rings is 1. The molecule has 138 valence electrons. The summed E-state index contributed by atoms with van der Waals surface area (Å²) in [5.74, 6) is 0.589. The van der Waals surface area contributed by atoms with E-state index in [1.165, 1.54) is 0 Å². The summed E-state index contributed by atoms with van der Waals surface area (Å²) in [5.41, 5.74) is 9.45. The van der Waals surface area contributed by atoms with Gasteiger partial charge in [0.1, 0.15) is 5.75 Å². The highest BCUT2D eigenvalue weighted by Gasteiger charge is 2.25. The molecule has 0 bridgehead atoms. The molecule has 1 amide bonds. The number of anilines is 1. The Balaban J connectivity index is 1.79. The molecule has 1 saturated heterocycles. The first-order chi connectivity index (χ1) is 13.2. The highest BCUT2D eigenvalue weighted by atomic mass is 16.5. The summed E-state index contributed by atoms with van der Waals surface area (Å²) in [4.78, 5) is 18.7. The summed E-state index contributed by atoms with van der Waals surface area (Å²) in [6.07, 6.45) is 1.58. The van der Waals surface area contributed by atoms with E-state index in [1.54, 1.807) is 7.11 Å². The van der Waals surface area contributed by atoms with Crippen molar-refractivity contribution in [2.75, 3.05) is 25.1 Å². The number of ether oxygens (including phenoxy) is 1. The zero-order chi connectivity index (χ0) is 18.8. The van der Waals surface area contributed by atoms with E-state index in [9.17, 15) is 4.79 Å². The van der Waals surface area contributed by atoms with Crippen LogP contribution in [0.4, 0.5) is 5.69 Å². The minimum absolute atomic E-state index is 0.0250. The second-order valence-electron chi connectivity index (χ2n) is 6.91. The highest BCUT2D eigenvalue weighted by molar-refractivity contribution is 5.94. The molecule has 0 unspecified atom stereocenters. The third kappa shape index (κ3) is 3.33. The van der Waals surface area contributed by atoms with Gasteiger partial charge >= 0.3 is 0 Å². The van der Waals surface area contributed by atoms with Crippen molar-refractivity contribution in [1.29, 1.82) is 0 Å². The normalized spacial score (nSPS) is 15.1. The number of nitrogens with two attached hydrogens (primary N) is 1. The van der Waals surface area contributed by atoms with Crippen molar-refractivity contribution in [3.8, 4) is 17.0 Å². The van der Waals surface area contributed by atoms with Gasteiger partial charge in [-0.15, -0.1) is 0 Å². The molecule has 1 aliphatic rings. The Morgan fingerprint density at radius 2 is 1.81 bits per heavy atom. The third-order valence-corrected chi connectivity index (χ3v) is 5.32. The lowest BCUT2D eigenvalue weighted by Crippen LogP contribution is -2.38. The zero-order valence-electron chi connectivity index (χ0n) is 15.4. The number of carbonyl (C=O) groups is 1. The summed E-state index contributed by atoms with van der Waals surface area (Å²) < 4.78 is 5.53. The maximum absolute atomic E-state index is 11.5. The fourth-order valence-electron chi connectivity index (χ4n) is 3.82. The molecule has 1 aromatic heterocycles. The standard InChI is InChI=1S/C22H23N3O2/c1-27-21-9-5-3-7-17(21)19-14-20(16-6-2-4-8-18(16)24-19)25-12-10-15(11-13-25)22(23)26/h2-9,14-15H,10-13H2,1H3,(H2,23,26). The van der Waals surface area contributed by atoms with Crippen molar-refractivity contribution in [1.82, 2.24) is 4.98 Å². The molecular formula is C22H23N3O2. The fourth-order valence-corrected chi connectivity index (χ4v) is 3.82. The van der Waals surface area contributed by atoms with Crippen molar-refractivity contribution >= 4 is 22.5 Å². The number of primary amides is 1. The predicted octanol–water partition coefficient (Wildman–Crippen LogP) is 3.61. The summed E-state index contributed by atoms with van der Waals surface area (Å²) in [7, 11) is 1.68. The molecular weight excluding hydrogens is 338 g/mol. The molecule has 1 aliphatic heterocycles. The first-order valence-electron chi connectivity index (χ1n) is 9.25. The summed E-state index contributed by atoms with van der Waals surface area (Å²) in [6.45, 7) is 1.62. The average molecular weight is 361 g/mol. The topological polar surface area (TPSA) is 68.5 Å². The van der Waals surface area contributed by atoms with Crippen LogP contribution in [0.25, 0.3) is 22.2 Å². The van der Waals surface area contributed by atoms with Crippen LogP contribution >= 0.6 is 0 Å². The van der Waals surface area contributed by atoms with Crippen LogP contribution in [0.5, 0.6) is 5.75 Å². The van der Waals surface area contributed by atoms with Crippen LogP contribution < -0.4 is 15.4 Å². The molecule has 5 heteroatoms. The van der Waals surface area contributed by atoms with Crippen LogP contribution in [0.3, 0.4) is 0 Å². The van der Waals surface area contributed by atoms with E-state index >= 15 is 0 Å². The number of amides is 1. The van der Waals surface area contributed by atoms with Crippen molar-refractivity contribution in [2.24, 2.45) is 11.7 Å². The monoisotopic (exact) mass is 361 g/mol. The summed E-state index contributed by atoms with van der Waals surface area (Å²) >= 11 is 0. The minimum atomic E-state index is -0.191. The Hall–Kier alpha value is -3.08. The smallest absolute Gasteiger partial charge is 0.220 e. The van der Waals surface area contributed by atoms with Crippen molar-refractivity contribution < 1.29 is 9.53 Å². The Morgan fingerprint density at radius 3 is 2.56 bits per heavy atom. The first-order valence-corrected chi connectivity index (χ1v) is 9.25. The quantitative estimate of drug-likeness (QED) is 0.771. The minimum Gasteiger partial charge on any atom is -0.496 e. The van der Waals surface area contributed by atoms with Gasteiger partial charge in [-0.1, -0.05) is 30.3 Å². The van der Waals surface area contributed by atoms with Gasteiger partial charge in [-0.2, -0.15) is 0 Å². The molecule has 5 nitrogen and oxygen atoms in total. The van der Waals surface area contributed by atoms with Gasteiger partial charge in [-0.3, -0.25) is 4.79 Å². The molecule has 0 radical (unpaired) electrons. The molecule has 2 heterocycles. The highest BCUT2D eigenvalue weighted by Crippen LogP contribution is 2.36. The van der Waals surface area contributed by atoms with E-state index in [-0.39, 0.29) is 11.8 Å². The van der Waals surface area contributed by atoms with Crippen LogP contribution in [0.2, 0.25) is 0 Å². The van der Waals surface area contributed by atoms with Crippen molar-refractivity contribution in [3.63, 3.8) is 0 Å². The van der Waals surface area contributed by atoms with E-state index < -0.39 is 0 Å². The lowest BCUT2D eigenvalue weighted by atomic mass is 9.95. The van der Waals surface area contributed by atoms with Crippen LogP contribution in [-0.4, -0.2) is 31.1 Å². The number of rotatable bonds is 4. The van der Waals surface area contributed by atoms with Gasteiger partial charge in [0, 0.05) is 35.6 Å². The van der Waals surface area contributed by atoms with Crippen LogP contribution in [0.1, 0.15) is 12.8 Å². The Morgan fingerprint density at radius 1 is 1.11 bits per heavy atom. The number of hydrogen-bond donors (Lipinski definition) is 1. The number of carbonyl (C=O) groups excluding carboxylic acids is 1. The Kier molecular flexibility index (Phi) is 4.67. The maximum Gasteiger partial charge on any atom is 0.220 e. The number of nitrogens with zero attached hydrogens (tertiary/aromatic N) is 2. The van der Waals surface area contributed by atoms with E-state index in [2.05, 4.69) is 17.0 Å². The number of para-hydroxylation sites is 2. The molecule has 1 fully saturated rings. The van der Waals surface area contributed by atoms with Gasteiger partial charge in [0.15, 0.2) is 0 Å². The van der Waals surface area contributed by atoms with Gasteiger partial charge in [-0.05, 0) is 37.1 Å². The van der Waals surface area contributed by atoms with Crippen LogP contribution in [0, 0.1) is 5.92 Å².